The summed E-state index contributed by atoms with van der Waals surface area (Å²) < 4.78 is 0. The predicted octanol–water partition coefficient (Wildman–Crippen LogP) is 2.47. The first kappa shape index (κ1) is 14.3. The summed E-state index contributed by atoms with van der Waals surface area (Å²) >= 11 is 5.93. The molecule has 0 spiro atoms. The van der Waals surface area contributed by atoms with Crippen LogP contribution in [0.5, 0.6) is 0 Å². The highest BCUT2D eigenvalue weighted by atomic mass is 35.5. The largest absolute Gasteiger partial charge is 0.476 e. The van der Waals surface area contributed by atoms with Gasteiger partial charge in [-0.1, -0.05) is 17.7 Å². The van der Waals surface area contributed by atoms with Crippen LogP contribution in [-0.2, 0) is 0 Å². The minimum Gasteiger partial charge on any atom is -0.476 e. The first-order valence-corrected chi connectivity index (χ1v) is 6.66. The first-order valence-electron chi connectivity index (χ1n) is 6.28. The van der Waals surface area contributed by atoms with Gasteiger partial charge >= 0.3 is 5.97 Å². The number of carbonyl (C=O) groups is 1. The number of carboxylic acids is 1. The van der Waals surface area contributed by atoms with E-state index in [2.05, 4.69) is 10.2 Å². The zero-order valence-electron chi connectivity index (χ0n) is 11.2. The van der Waals surface area contributed by atoms with E-state index in [1.54, 1.807) is 24.3 Å². The molecule has 2 rings (SSSR count). The number of nitrogens with zero attached hydrogens (tertiary/aromatic N) is 4. The fraction of sp³-hybridized carbons (Fsp3) is 0.308. The van der Waals surface area contributed by atoms with E-state index in [4.69, 9.17) is 11.6 Å². The van der Waals surface area contributed by atoms with E-state index < -0.39 is 5.97 Å². The Morgan fingerprint density at radius 1 is 1.35 bits per heavy atom. The predicted molar refractivity (Wildman–Crippen MR) is 76.9 cm³/mol. The number of benzene rings is 1. The lowest BCUT2D eigenvalue weighted by atomic mass is 10.3. The van der Waals surface area contributed by atoms with Crippen LogP contribution < -0.4 is 4.90 Å². The molecule has 0 atom stereocenters. The molecule has 1 N–H and O–H groups in total. The van der Waals surface area contributed by atoms with E-state index in [0.29, 0.717) is 29.6 Å². The van der Waals surface area contributed by atoms with Crippen LogP contribution in [0.3, 0.4) is 0 Å². The van der Waals surface area contributed by atoms with Crippen molar-refractivity contribution >= 4 is 23.4 Å². The van der Waals surface area contributed by atoms with Crippen LogP contribution >= 0.6 is 11.6 Å². The van der Waals surface area contributed by atoms with E-state index >= 15 is 0 Å². The second-order valence-electron chi connectivity index (χ2n) is 4.12. The van der Waals surface area contributed by atoms with Gasteiger partial charge in [-0.15, -0.1) is 15.0 Å². The molecule has 2 aromatic rings. The Morgan fingerprint density at radius 2 is 2.05 bits per heavy atom. The van der Waals surface area contributed by atoms with Gasteiger partial charge < -0.3 is 10.0 Å². The van der Waals surface area contributed by atoms with Gasteiger partial charge in [0.05, 0.1) is 5.69 Å². The van der Waals surface area contributed by atoms with Crippen LogP contribution in [-0.4, -0.2) is 39.2 Å². The zero-order chi connectivity index (χ0) is 14.7. The molecule has 0 aliphatic carbocycles. The van der Waals surface area contributed by atoms with Gasteiger partial charge in [0.2, 0.25) is 5.69 Å². The summed E-state index contributed by atoms with van der Waals surface area (Å²) in [5, 5.41) is 18.1. The average Bonchev–Trinajstić information content (AvgIpc) is 2.85. The number of hydrogen-bond donors (Lipinski definition) is 1. The van der Waals surface area contributed by atoms with Gasteiger partial charge in [-0.05, 0) is 32.0 Å². The van der Waals surface area contributed by atoms with E-state index in [-0.39, 0.29) is 5.69 Å². The Labute approximate surface area is 121 Å². The number of rotatable bonds is 5. The van der Waals surface area contributed by atoms with Crippen molar-refractivity contribution in [3.05, 3.63) is 35.0 Å². The Balaban J connectivity index is 2.51. The highest BCUT2D eigenvalue weighted by molar-refractivity contribution is 6.30. The summed E-state index contributed by atoms with van der Waals surface area (Å²) in [6.07, 6.45) is 0. The maximum absolute atomic E-state index is 11.3. The van der Waals surface area contributed by atoms with Crippen molar-refractivity contribution in [2.45, 2.75) is 13.8 Å². The van der Waals surface area contributed by atoms with Gasteiger partial charge in [-0.2, -0.15) is 0 Å². The number of anilines is 1. The molecule has 1 aromatic heterocycles. The molecule has 0 saturated heterocycles. The molecular formula is C13H15ClN4O2. The van der Waals surface area contributed by atoms with Gasteiger partial charge in [-0.3, -0.25) is 0 Å². The van der Waals surface area contributed by atoms with Crippen molar-refractivity contribution in [2.24, 2.45) is 0 Å². The number of halogens is 1. The molecule has 7 heteroatoms. The smallest absolute Gasteiger partial charge is 0.360 e. The summed E-state index contributed by atoms with van der Waals surface area (Å²) in [6.45, 7) is 5.19. The van der Waals surface area contributed by atoms with Crippen LogP contribution in [0.25, 0.3) is 5.69 Å². The second kappa shape index (κ2) is 5.92. The van der Waals surface area contributed by atoms with Crippen LogP contribution in [0, 0.1) is 0 Å². The summed E-state index contributed by atoms with van der Waals surface area (Å²) in [5.74, 6) is -0.734. The fourth-order valence-corrected chi connectivity index (χ4v) is 2.07. The number of carboxylic acid groups (broad SMARTS) is 1. The minimum atomic E-state index is -1.10. The molecule has 0 bridgehead atoms. The topological polar surface area (TPSA) is 71.2 Å². The van der Waals surface area contributed by atoms with E-state index in [0.717, 1.165) is 0 Å². The molecule has 0 saturated carbocycles. The van der Waals surface area contributed by atoms with Gasteiger partial charge in [0.15, 0.2) is 5.82 Å². The molecule has 1 aromatic carbocycles. The summed E-state index contributed by atoms with van der Waals surface area (Å²) in [4.78, 5) is 14.4. The standard InChI is InChI=1S/C13H15ClN4O2/c1-3-17(4-2)12-11(13(19)20)15-18(16-12)10-7-5-6-9(14)8-10/h5-8H,3-4H2,1-2H3,(H,19,20). The number of hydrogen-bond acceptors (Lipinski definition) is 4. The number of aromatic carboxylic acids is 1. The summed E-state index contributed by atoms with van der Waals surface area (Å²) in [6, 6.07) is 6.94. The first-order chi connectivity index (χ1) is 9.56. The fourth-order valence-electron chi connectivity index (χ4n) is 1.89. The third kappa shape index (κ3) is 2.75. The Bertz CT molecular complexity index is 623. The molecule has 0 fully saturated rings. The maximum atomic E-state index is 11.3. The molecule has 20 heavy (non-hydrogen) atoms. The second-order valence-corrected chi connectivity index (χ2v) is 4.56. The molecule has 0 aliphatic rings. The van der Waals surface area contributed by atoms with E-state index in [1.807, 2.05) is 18.7 Å². The van der Waals surface area contributed by atoms with Gasteiger partial charge in [0.1, 0.15) is 0 Å². The lowest BCUT2D eigenvalue weighted by molar-refractivity contribution is 0.0690. The monoisotopic (exact) mass is 294 g/mol. The molecule has 0 amide bonds. The lowest BCUT2D eigenvalue weighted by Gasteiger charge is -2.17. The highest BCUT2D eigenvalue weighted by Crippen LogP contribution is 2.19. The molecule has 106 valence electrons. The summed E-state index contributed by atoms with van der Waals surface area (Å²) in [5.41, 5.74) is 0.562. The van der Waals surface area contributed by atoms with Crippen molar-refractivity contribution in [1.82, 2.24) is 15.0 Å². The third-order valence-electron chi connectivity index (χ3n) is 2.90. The minimum absolute atomic E-state index is 0.0614. The molecule has 0 radical (unpaired) electrons. The summed E-state index contributed by atoms with van der Waals surface area (Å²) in [7, 11) is 0. The van der Waals surface area contributed by atoms with Crippen molar-refractivity contribution < 1.29 is 9.90 Å². The zero-order valence-corrected chi connectivity index (χ0v) is 12.0. The van der Waals surface area contributed by atoms with Crippen LogP contribution in [0.2, 0.25) is 5.02 Å². The molecule has 0 unspecified atom stereocenters. The normalized spacial score (nSPS) is 10.6. The Hall–Kier alpha value is -2.08. The average molecular weight is 295 g/mol. The number of aromatic nitrogens is 3. The van der Waals surface area contributed by atoms with Gasteiger partial charge in [-0.25, -0.2) is 4.79 Å². The molecular weight excluding hydrogens is 280 g/mol. The van der Waals surface area contributed by atoms with E-state index in [9.17, 15) is 9.90 Å². The van der Waals surface area contributed by atoms with Gasteiger partial charge in [0.25, 0.3) is 0 Å². The molecule has 1 heterocycles. The third-order valence-corrected chi connectivity index (χ3v) is 3.14. The quantitative estimate of drug-likeness (QED) is 0.917. The lowest BCUT2D eigenvalue weighted by Crippen LogP contribution is -2.24. The van der Waals surface area contributed by atoms with Crippen molar-refractivity contribution in [3.63, 3.8) is 0 Å². The maximum Gasteiger partial charge on any atom is 0.360 e. The van der Waals surface area contributed by atoms with Crippen LogP contribution in [0.1, 0.15) is 24.3 Å². The van der Waals surface area contributed by atoms with E-state index in [1.165, 1.54) is 4.80 Å². The van der Waals surface area contributed by atoms with Crippen molar-refractivity contribution in [2.75, 3.05) is 18.0 Å². The van der Waals surface area contributed by atoms with Crippen LogP contribution in [0.4, 0.5) is 5.82 Å². The van der Waals surface area contributed by atoms with Crippen LogP contribution in [0.15, 0.2) is 24.3 Å². The SMILES string of the molecule is CCN(CC)c1nn(-c2cccc(Cl)c2)nc1C(=O)O. The molecule has 0 aliphatic heterocycles. The van der Waals surface area contributed by atoms with Crippen molar-refractivity contribution in [3.8, 4) is 5.69 Å². The Morgan fingerprint density at radius 3 is 2.60 bits per heavy atom. The van der Waals surface area contributed by atoms with Gasteiger partial charge in [0, 0.05) is 18.1 Å². The van der Waals surface area contributed by atoms with Crippen molar-refractivity contribution in [1.29, 1.82) is 0 Å². The Kier molecular flexibility index (Phi) is 4.24. The highest BCUT2D eigenvalue weighted by Gasteiger charge is 2.22. The molecule has 6 nitrogen and oxygen atoms in total.